The maximum atomic E-state index is 13.1. The summed E-state index contributed by atoms with van der Waals surface area (Å²) in [7, 11) is 0. The van der Waals surface area contributed by atoms with Crippen LogP contribution in [0.25, 0.3) is 5.57 Å². The quantitative estimate of drug-likeness (QED) is 0.822. The molecule has 2 unspecified atom stereocenters. The number of thioether (sulfide) groups is 1. The molecule has 3 heteroatoms. The number of hydrogen-bond acceptors (Lipinski definition) is 2. The average Bonchev–Trinajstić information content (AvgIpc) is 2.80. The van der Waals surface area contributed by atoms with E-state index < -0.39 is 0 Å². The van der Waals surface area contributed by atoms with E-state index in [0.29, 0.717) is 16.9 Å². The summed E-state index contributed by atoms with van der Waals surface area (Å²) in [5.41, 5.74) is 3.20. The van der Waals surface area contributed by atoms with Gasteiger partial charge in [0.25, 0.3) is 0 Å². The highest BCUT2D eigenvalue weighted by atomic mass is 32.2. The van der Waals surface area contributed by atoms with Gasteiger partial charge in [-0.3, -0.25) is 4.79 Å². The van der Waals surface area contributed by atoms with E-state index in [1.165, 1.54) is 18.6 Å². The Hall–Kier alpha value is -1.09. The van der Waals surface area contributed by atoms with Gasteiger partial charge in [-0.1, -0.05) is 19.1 Å². The minimum absolute atomic E-state index is 0.221. The molecule has 0 saturated carbocycles. The van der Waals surface area contributed by atoms with Crippen LogP contribution >= 0.6 is 11.8 Å². The molecule has 2 aliphatic heterocycles. The highest BCUT2D eigenvalue weighted by Crippen LogP contribution is 2.49. The third-order valence-corrected chi connectivity index (χ3v) is 5.59. The highest BCUT2D eigenvalue weighted by molar-refractivity contribution is 8.01. The number of rotatable bonds is 3. The second kappa shape index (κ2) is 5.12. The molecular formula is C16H17FOS. The van der Waals surface area contributed by atoms with Gasteiger partial charge in [-0.05, 0) is 42.5 Å². The van der Waals surface area contributed by atoms with Crippen LogP contribution in [-0.2, 0) is 4.79 Å². The molecule has 1 saturated heterocycles. The van der Waals surface area contributed by atoms with Gasteiger partial charge >= 0.3 is 0 Å². The first-order valence-electron chi connectivity index (χ1n) is 6.86. The van der Waals surface area contributed by atoms with Gasteiger partial charge in [0.05, 0.1) is 0 Å². The van der Waals surface area contributed by atoms with Crippen molar-refractivity contribution in [2.45, 2.75) is 43.1 Å². The van der Waals surface area contributed by atoms with Gasteiger partial charge in [-0.15, -0.1) is 11.8 Å². The van der Waals surface area contributed by atoms with E-state index in [1.54, 1.807) is 0 Å². The van der Waals surface area contributed by atoms with Crippen molar-refractivity contribution < 1.29 is 9.18 Å². The monoisotopic (exact) mass is 276 g/mol. The topological polar surface area (TPSA) is 17.1 Å². The third kappa shape index (κ3) is 2.36. The third-order valence-electron chi connectivity index (χ3n) is 4.00. The van der Waals surface area contributed by atoms with Gasteiger partial charge in [0.15, 0.2) is 5.78 Å². The summed E-state index contributed by atoms with van der Waals surface area (Å²) in [4.78, 5) is 12.3. The molecule has 0 amide bonds. The molecule has 0 aliphatic carbocycles. The summed E-state index contributed by atoms with van der Waals surface area (Å²) in [6, 6.07) is 6.59. The van der Waals surface area contributed by atoms with Crippen LogP contribution in [-0.4, -0.2) is 16.3 Å². The number of benzene rings is 1. The van der Waals surface area contributed by atoms with Crippen molar-refractivity contribution in [3.05, 3.63) is 41.2 Å². The number of carbonyl (C=O) groups is 1. The lowest BCUT2D eigenvalue weighted by Gasteiger charge is -2.25. The lowest BCUT2D eigenvalue weighted by Crippen LogP contribution is -2.19. The van der Waals surface area contributed by atoms with Gasteiger partial charge in [0.2, 0.25) is 0 Å². The maximum Gasteiger partial charge on any atom is 0.160 e. The fraction of sp³-hybridized carbons (Fsp3) is 0.438. The van der Waals surface area contributed by atoms with Crippen molar-refractivity contribution in [3.8, 4) is 0 Å². The first-order chi connectivity index (χ1) is 9.19. The maximum absolute atomic E-state index is 13.1. The van der Waals surface area contributed by atoms with Crippen LogP contribution in [0.15, 0.2) is 29.8 Å². The normalized spacial score (nSPS) is 25.8. The van der Waals surface area contributed by atoms with Crippen molar-refractivity contribution in [1.82, 2.24) is 0 Å². The molecule has 0 N–H and O–H groups in total. The lowest BCUT2D eigenvalue weighted by atomic mass is 9.92. The van der Waals surface area contributed by atoms with Crippen molar-refractivity contribution in [2.75, 3.05) is 0 Å². The molecule has 2 heterocycles. The molecule has 19 heavy (non-hydrogen) atoms. The van der Waals surface area contributed by atoms with E-state index in [4.69, 9.17) is 0 Å². The fourth-order valence-electron chi connectivity index (χ4n) is 3.06. The molecular weight excluding hydrogens is 259 g/mol. The van der Waals surface area contributed by atoms with E-state index in [2.05, 4.69) is 0 Å². The van der Waals surface area contributed by atoms with Crippen molar-refractivity contribution in [1.29, 1.82) is 0 Å². The van der Waals surface area contributed by atoms with Gasteiger partial charge in [-0.2, -0.15) is 0 Å². The first kappa shape index (κ1) is 12.9. The largest absolute Gasteiger partial charge is 0.295 e. The Morgan fingerprint density at radius 1 is 1.32 bits per heavy atom. The van der Waals surface area contributed by atoms with Crippen LogP contribution in [0, 0.1) is 5.82 Å². The van der Waals surface area contributed by atoms with Crippen LogP contribution in [0.4, 0.5) is 4.39 Å². The van der Waals surface area contributed by atoms with Crippen molar-refractivity contribution in [2.24, 2.45) is 0 Å². The zero-order valence-electron chi connectivity index (χ0n) is 11.0. The summed E-state index contributed by atoms with van der Waals surface area (Å²) in [5, 5.41) is 1.00. The molecule has 1 fully saturated rings. The summed E-state index contributed by atoms with van der Waals surface area (Å²) < 4.78 is 13.1. The molecule has 0 spiro atoms. The van der Waals surface area contributed by atoms with Crippen LogP contribution in [0.1, 0.15) is 38.2 Å². The Balaban J connectivity index is 2.07. The van der Waals surface area contributed by atoms with E-state index in [1.807, 2.05) is 30.8 Å². The Kier molecular flexibility index (Phi) is 3.48. The van der Waals surface area contributed by atoms with E-state index in [9.17, 15) is 9.18 Å². The summed E-state index contributed by atoms with van der Waals surface area (Å²) in [6.07, 6.45) is 3.82. The number of ketones is 1. The van der Waals surface area contributed by atoms with E-state index >= 15 is 0 Å². The van der Waals surface area contributed by atoms with Crippen molar-refractivity contribution in [3.63, 3.8) is 0 Å². The van der Waals surface area contributed by atoms with Crippen LogP contribution in [0.3, 0.4) is 0 Å². The molecule has 3 rings (SSSR count). The van der Waals surface area contributed by atoms with Crippen LogP contribution < -0.4 is 0 Å². The average molecular weight is 276 g/mol. The van der Waals surface area contributed by atoms with Crippen LogP contribution in [0.2, 0.25) is 0 Å². The zero-order valence-corrected chi connectivity index (χ0v) is 11.8. The second-order valence-electron chi connectivity index (χ2n) is 5.20. The fourth-order valence-corrected chi connectivity index (χ4v) is 4.74. The summed E-state index contributed by atoms with van der Waals surface area (Å²) in [5.74, 6) is 0.0399. The number of allylic oxidation sites excluding steroid dienone is 1. The molecule has 0 radical (unpaired) electrons. The molecule has 1 nitrogen and oxygen atoms in total. The number of hydrogen-bond donors (Lipinski definition) is 0. The van der Waals surface area contributed by atoms with E-state index in [-0.39, 0.29) is 11.6 Å². The molecule has 0 aromatic heterocycles. The number of fused-ring (bicyclic) bond motifs is 2. The first-order valence-corrected chi connectivity index (χ1v) is 7.81. The Morgan fingerprint density at radius 3 is 2.74 bits per heavy atom. The molecule has 1 aromatic rings. The lowest BCUT2D eigenvalue weighted by molar-refractivity contribution is -0.115. The van der Waals surface area contributed by atoms with Crippen LogP contribution in [0.5, 0.6) is 0 Å². The molecule has 1 aromatic carbocycles. The molecule has 2 aliphatic rings. The van der Waals surface area contributed by atoms with Gasteiger partial charge < -0.3 is 0 Å². The highest BCUT2D eigenvalue weighted by Gasteiger charge is 2.37. The van der Waals surface area contributed by atoms with E-state index in [0.717, 1.165) is 29.6 Å². The molecule has 2 atom stereocenters. The predicted molar refractivity (Wildman–Crippen MR) is 77.6 cm³/mol. The van der Waals surface area contributed by atoms with Crippen molar-refractivity contribution >= 4 is 23.1 Å². The Bertz CT molecular complexity index is 532. The number of Topliss-reactive ketones (excluding diaryl/α,β-unsaturated/α-hetero) is 1. The number of halogens is 1. The smallest absolute Gasteiger partial charge is 0.160 e. The SMILES string of the molecule is CCC(=O)C1=C(c2ccc(F)cc2)CC2CCC1S2. The minimum Gasteiger partial charge on any atom is -0.295 e. The standard InChI is InChI=1S/C16H17FOS/c1-2-14(18)16-13(9-12-7-8-15(16)19-12)10-3-5-11(17)6-4-10/h3-6,12,15H,2,7-9H2,1H3. The van der Waals surface area contributed by atoms with Gasteiger partial charge in [0.1, 0.15) is 5.82 Å². The molecule has 2 bridgehead atoms. The summed E-state index contributed by atoms with van der Waals surface area (Å²) >= 11 is 1.95. The predicted octanol–water partition coefficient (Wildman–Crippen LogP) is 4.23. The summed E-state index contributed by atoms with van der Waals surface area (Å²) in [6.45, 7) is 1.92. The second-order valence-corrected chi connectivity index (χ2v) is 6.71. The van der Waals surface area contributed by atoms with Gasteiger partial charge in [0, 0.05) is 22.5 Å². The zero-order chi connectivity index (χ0) is 13.4. The minimum atomic E-state index is -0.221. The number of carbonyl (C=O) groups excluding carboxylic acids is 1. The molecule has 100 valence electrons. The Morgan fingerprint density at radius 2 is 2.05 bits per heavy atom. The van der Waals surface area contributed by atoms with Gasteiger partial charge in [-0.25, -0.2) is 4.39 Å². The Labute approximate surface area is 117 Å².